The number of nitrogens with zero attached hydrogens (tertiary/aromatic N) is 2. The monoisotopic (exact) mass is 332 g/mol. The predicted octanol–water partition coefficient (Wildman–Crippen LogP) is 2.13. The van der Waals surface area contributed by atoms with Gasteiger partial charge in [-0.1, -0.05) is 17.8 Å². The van der Waals surface area contributed by atoms with Crippen molar-refractivity contribution in [3.05, 3.63) is 46.3 Å². The number of pyridine rings is 1. The lowest BCUT2D eigenvalue weighted by Gasteiger charge is -2.06. The Bertz CT molecular complexity index is 695. The van der Waals surface area contributed by atoms with E-state index in [1.54, 1.807) is 18.3 Å². The number of urea groups is 1. The molecule has 8 heteroatoms. The van der Waals surface area contributed by atoms with Crippen LogP contribution in [0.25, 0.3) is 0 Å². The number of thioether (sulfide) groups is 1. The van der Waals surface area contributed by atoms with Gasteiger partial charge in [-0.2, -0.15) is 5.26 Å². The van der Waals surface area contributed by atoms with Gasteiger partial charge in [0, 0.05) is 11.1 Å². The van der Waals surface area contributed by atoms with Gasteiger partial charge in [-0.05, 0) is 23.6 Å². The Morgan fingerprint density at radius 3 is 2.95 bits per heavy atom. The standard InChI is InChI=1S/C14H12N4O2S2/c15-7-10-3-1-5-16-13(10)22-9-12(19)18-14(20)17-8-11-4-2-6-21-11/h1-6H,8-9H2,(H2,17,18,19,20). The first kappa shape index (κ1) is 16.0. The van der Waals surface area contributed by atoms with Crippen LogP contribution < -0.4 is 10.6 Å². The van der Waals surface area contributed by atoms with E-state index in [0.717, 1.165) is 16.6 Å². The van der Waals surface area contributed by atoms with Crippen molar-refractivity contribution in [2.24, 2.45) is 0 Å². The zero-order chi connectivity index (χ0) is 15.8. The highest BCUT2D eigenvalue weighted by molar-refractivity contribution is 8.00. The Morgan fingerprint density at radius 1 is 1.36 bits per heavy atom. The fourth-order valence-electron chi connectivity index (χ4n) is 1.51. The van der Waals surface area contributed by atoms with E-state index in [2.05, 4.69) is 15.6 Å². The summed E-state index contributed by atoms with van der Waals surface area (Å²) in [6.45, 7) is 0.378. The van der Waals surface area contributed by atoms with Crippen LogP contribution in [-0.4, -0.2) is 22.7 Å². The normalized spacial score (nSPS) is 9.77. The van der Waals surface area contributed by atoms with E-state index >= 15 is 0 Å². The molecular weight excluding hydrogens is 320 g/mol. The fraction of sp³-hybridized carbons (Fsp3) is 0.143. The first-order chi connectivity index (χ1) is 10.7. The number of rotatable bonds is 5. The summed E-state index contributed by atoms with van der Waals surface area (Å²) >= 11 is 2.64. The number of amides is 3. The summed E-state index contributed by atoms with van der Waals surface area (Å²) in [5.41, 5.74) is 0.405. The molecule has 0 unspecified atom stereocenters. The van der Waals surface area contributed by atoms with Crippen molar-refractivity contribution in [3.63, 3.8) is 0 Å². The average molecular weight is 332 g/mol. The van der Waals surface area contributed by atoms with E-state index in [1.165, 1.54) is 11.3 Å². The zero-order valence-corrected chi connectivity index (χ0v) is 13.0. The summed E-state index contributed by atoms with van der Waals surface area (Å²) in [5.74, 6) is -0.429. The van der Waals surface area contributed by atoms with E-state index in [4.69, 9.17) is 5.26 Å². The number of carbonyl (C=O) groups is 2. The summed E-state index contributed by atoms with van der Waals surface area (Å²) in [6, 6.07) is 8.53. The number of aromatic nitrogens is 1. The second-order valence-electron chi connectivity index (χ2n) is 4.07. The van der Waals surface area contributed by atoms with Gasteiger partial charge in [0.05, 0.1) is 17.9 Å². The highest BCUT2D eigenvalue weighted by atomic mass is 32.2. The average Bonchev–Trinajstić information content (AvgIpc) is 3.04. The maximum absolute atomic E-state index is 11.7. The third-order valence-corrected chi connectivity index (χ3v) is 4.37. The van der Waals surface area contributed by atoms with Gasteiger partial charge in [-0.15, -0.1) is 11.3 Å². The Kier molecular flexibility index (Phi) is 5.94. The third-order valence-electron chi connectivity index (χ3n) is 2.49. The van der Waals surface area contributed by atoms with Gasteiger partial charge in [-0.25, -0.2) is 9.78 Å². The first-order valence-corrected chi connectivity index (χ1v) is 8.13. The lowest BCUT2D eigenvalue weighted by atomic mass is 10.3. The molecule has 0 bridgehead atoms. The molecule has 0 saturated carbocycles. The van der Waals surface area contributed by atoms with E-state index < -0.39 is 11.9 Å². The molecule has 2 N–H and O–H groups in total. The summed E-state index contributed by atoms with van der Waals surface area (Å²) in [4.78, 5) is 28.3. The predicted molar refractivity (Wildman–Crippen MR) is 84.4 cm³/mol. The number of carbonyl (C=O) groups excluding carboxylic acids is 2. The van der Waals surface area contributed by atoms with Crippen LogP contribution in [0.3, 0.4) is 0 Å². The van der Waals surface area contributed by atoms with Crippen molar-refractivity contribution >= 4 is 35.0 Å². The highest BCUT2D eigenvalue weighted by Crippen LogP contribution is 2.18. The molecule has 2 aromatic heterocycles. The molecule has 0 atom stereocenters. The topological polar surface area (TPSA) is 94.9 Å². The fourth-order valence-corrected chi connectivity index (χ4v) is 2.90. The van der Waals surface area contributed by atoms with Crippen LogP contribution in [-0.2, 0) is 11.3 Å². The molecule has 2 aromatic rings. The van der Waals surface area contributed by atoms with Gasteiger partial charge in [-0.3, -0.25) is 10.1 Å². The maximum Gasteiger partial charge on any atom is 0.321 e. The van der Waals surface area contributed by atoms with Crippen molar-refractivity contribution < 1.29 is 9.59 Å². The van der Waals surface area contributed by atoms with Crippen LogP contribution >= 0.6 is 23.1 Å². The third kappa shape index (κ3) is 4.87. The summed E-state index contributed by atoms with van der Waals surface area (Å²) in [7, 11) is 0. The van der Waals surface area contributed by atoms with E-state index in [9.17, 15) is 9.59 Å². The van der Waals surface area contributed by atoms with Crippen LogP contribution in [0.5, 0.6) is 0 Å². The summed E-state index contributed by atoms with van der Waals surface area (Å²) < 4.78 is 0. The minimum absolute atomic E-state index is 0.0120. The van der Waals surface area contributed by atoms with Crippen LogP contribution in [0, 0.1) is 11.3 Å². The quantitative estimate of drug-likeness (QED) is 0.818. The second kappa shape index (κ2) is 8.17. The molecule has 0 aliphatic heterocycles. The SMILES string of the molecule is N#Cc1cccnc1SCC(=O)NC(=O)NCc1cccs1. The van der Waals surface area contributed by atoms with E-state index in [-0.39, 0.29) is 5.75 Å². The minimum Gasteiger partial charge on any atom is -0.333 e. The van der Waals surface area contributed by atoms with Crippen LogP contribution in [0.4, 0.5) is 4.79 Å². The number of hydrogen-bond donors (Lipinski definition) is 2. The molecular formula is C14H12N4O2S2. The van der Waals surface area contributed by atoms with Gasteiger partial charge >= 0.3 is 6.03 Å². The molecule has 3 amide bonds. The molecule has 0 saturated heterocycles. The Balaban J connectivity index is 1.75. The van der Waals surface area contributed by atoms with Gasteiger partial charge < -0.3 is 5.32 Å². The van der Waals surface area contributed by atoms with Crippen molar-refractivity contribution in [2.75, 3.05) is 5.75 Å². The minimum atomic E-state index is -0.541. The Hall–Kier alpha value is -2.37. The van der Waals surface area contributed by atoms with Gasteiger partial charge in [0.2, 0.25) is 5.91 Å². The van der Waals surface area contributed by atoms with E-state index in [0.29, 0.717) is 17.1 Å². The smallest absolute Gasteiger partial charge is 0.321 e. The number of thiophene rings is 1. The van der Waals surface area contributed by atoms with Crippen LogP contribution in [0.2, 0.25) is 0 Å². The van der Waals surface area contributed by atoms with Crippen molar-refractivity contribution in [3.8, 4) is 6.07 Å². The number of hydrogen-bond acceptors (Lipinski definition) is 6. The second-order valence-corrected chi connectivity index (χ2v) is 6.06. The molecule has 0 aromatic carbocycles. The molecule has 6 nitrogen and oxygen atoms in total. The molecule has 0 fully saturated rings. The lowest BCUT2D eigenvalue weighted by molar-refractivity contribution is -0.117. The van der Waals surface area contributed by atoms with Crippen molar-refractivity contribution in [2.45, 2.75) is 11.6 Å². The number of imide groups is 1. The molecule has 0 radical (unpaired) electrons. The summed E-state index contributed by atoms with van der Waals surface area (Å²) in [6.07, 6.45) is 1.55. The molecule has 22 heavy (non-hydrogen) atoms. The highest BCUT2D eigenvalue weighted by Gasteiger charge is 2.10. The first-order valence-electron chi connectivity index (χ1n) is 6.27. The zero-order valence-electron chi connectivity index (χ0n) is 11.4. The van der Waals surface area contributed by atoms with Crippen molar-refractivity contribution in [1.29, 1.82) is 5.26 Å². The lowest BCUT2D eigenvalue weighted by Crippen LogP contribution is -2.39. The molecule has 112 valence electrons. The largest absolute Gasteiger partial charge is 0.333 e. The Morgan fingerprint density at radius 2 is 2.23 bits per heavy atom. The Labute approximate surface area is 135 Å². The maximum atomic E-state index is 11.7. The van der Waals surface area contributed by atoms with Crippen LogP contribution in [0.1, 0.15) is 10.4 Å². The van der Waals surface area contributed by atoms with Gasteiger partial charge in [0.15, 0.2) is 0 Å². The number of nitrogens with one attached hydrogen (secondary N) is 2. The molecule has 2 heterocycles. The van der Waals surface area contributed by atoms with E-state index in [1.807, 2.05) is 23.6 Å². The van der Waals surface area contributed by atoms with Crippen LogP contribution in [0.15, 0.2) is 40.9 Å². The van der Waals surface area contributed by atoms with Gasteiger partial charge in [0.25, 0.3) is 0 Å². The van der Waals surface area contributed by atoms with Crippen molar-refractivity contribution in [1.82, 2.24) is 15.6 Å². The van der Waals surface area contributed by atoms with Gasteiger partial charge in [0.1, 0.15) is 11.1 Å². The molecule has 0 aliphatic carbocycles. The molecule has 0 aliphatic rings. The number of nitriles is 1. The molecule has 2 rings (SSSR count). The summed E-state index contributed by atoms with van der Waals surface area (Å²) in [5, 5.41) is 16.1. The molecule has 0 spiro atoms.